The Hall–Kier alpha value is 0.247. The maximum Gasteiger partial charge on any atom is 0.150 e. The van der Waals surface area contributed by atoms with Crippen LogP contribution in [0.4, 0.5) is 0 Å². The lowest BCUT2D eigenvalue weighted by atomic mass is 9.91. The molecule has 0 amide bonds. The quantitative estimate of drug-likeness (QED) is 0.378. The predicted molar refractivity (Wildman–Crippen MR) is 61.6 cm³/mol. The van der Waals surface area contributed by atoms with Crippen molar-refractivity contribution in [2.24, 2.45) is 17.8 Å². The smallest absolute Gasteiger partial charge is 0.150 e. The molecule has 0 saturated heterocycles. The molecule has 0 aliphatic heterocycles. The van der Waals surface area contributed by atoms with Gasteiger partial charge in [0.05, 0.1) is 0 Å². The standard InChI is InChI=1S/C11H19ClSi/c1-13(2,12)6-5-11-8-9-3-4-10(11)7-9/h3-4,9-11H,5-8H2,1-2H3/t9-,10-,11+/m0/s1. The molecule has 0 radical (unpaired) electrons. The molecule has 2 aliphatic carbocycles. The molecule has 0 nitrogen and oxygen atoms in total. The monoisotopic (exact) mass is 214 g/mol. The van der Waals surface area contributed by atoms with Gasteiger partial charge in [-0.25, -0.2) is 0 Å². The predicted octanol–water partition coefficient (Wildman–Crippen LogP) is 4.03. The fourth-order valence-corrected chi connectivity index (χ4v) is 4.14. The Morgan fingerprint density at radius 1 is 1.31 bits per heavy atom. The minimum atomic E-state index is -1.30. The summed E-state index contributed by atoms with van der Waals surface area (Å²) in [6.07, 6.45) is 9.14. The van der Waals surface area contributed by atoms with Crippen molar-refractivity contribution >= 4 is 18.5 Å². The Morgan fingerprint density at radius 2 is 2.08 bits per heavy atom. The van der Waals surface area contributed by atoms with E-state index in [1.807, 2.05) is 0 Å². The van der Waals surface area contributed by atoms with Gasteiger partial charge < -0.3 is 0 Å². The Bertz CT molecular complexity index is 217. The van der Waals surface area contributed by atoms with Crippen LogP contribution in [0.15, 0.2) is 12.2 Å². The zero-order valence-corrected chi connectivity index (χ0v) is 10.3. The summed E-state index contributed by atoms with van der Waals surface area (Å²) in [6, 6.07) is 1.30. The molecule has 2 bridgehead atoms. The second kappa shape index (κ2) is 3.43. The van der Waals surface area contributed by atoms with Gasteiger partial charge in [-0.05, 0) is 36.6 Å². The lowest BCUT2D eigenvalue weighted by molar-refractivity contribution is 0.433. The summed E-state index contributed by atoms with van der Waals surface area (Å²) in [5, 5.41) is 0. The number of fused-ring (bicyclic) bond motifs is 2. The molecule has 3 atom stereocenters. The molecule has 0 aromatic rings. The van der Waals surface area contributed by atoms with E-state index in [1.165, 1.54) is 25.3 Å². The number of hydrogen-bond donors (Lipinski definition) is 0. The van der Waals surface area contributed by atoms with Gasteiger partial charge in [0.15, 0.2) is 7.38 Å². The maximum absolute atomic E-state index is 6.33. The van der Waals surface area contributed by atoms with Crippen LogP contribution < -0.4 is 0 Å². The lowest BCUT2D eigenvalue weighted by Crippen LogP contribution is -2.18. The Morgan fingerprint density at radius 3 is 2.54 bits per heavy atom. The first kappa shape index (κ1) is 9.79. The number of halogens is 1. The summed E-state index contributed by atoms with van der Waals surface area (Å²) < 4.78 is 0. The first-order valence-corrected chi connectivity index (χ1v) is 9.64. The fourth-order valence-electron chi connectivity index (χ4n) is 2.76. The molecule has 0 N–H and O–H groups in total. The number of rotatable bonds is 3. The minimum absolute atomic E-state index is 0.915. The lowest BCUT2D eigenvalue weighted by Gasteiger charge is -2.21. The van der Waals surface area contributed by atoms with Gasteiger partial charge in [0.2, 0.25) is 0 Å². The van der Waals surface area contributed by atoms with Crippen LogP contribution in [0.2, 0.25) is 19.1 Å². The molecule has 13 heavy (non-hydrogen) atoms. The summed E-state index contributed by atoms with van der Waals surface area (Å²) in [5.74, 6) is 2.81. The third-order valence-corrected chi connectivity index (χ3v) is 5.57. The van der Waals surface area contributed by atoms with Crippen molar-refractivity contribution in [3.05, 3.63) is 12.2 Å². The maximum atomic E-state index is 6.33. The molecular formula is C11H19ClSi. The van der Waals surface area contributed by atoms with Crippen LogP contribution >= 0.6 is 11.1 Å². The SMILES string of the molecule is C[Si](C)(Cl)CC[C@@H]1C[C@H]2C=C[C@H]1C2. The molecule has 2 aliphatic rings. The summed E-state index contributed by atoms with van der Waals surface area (Å²) in [6.45, 7) is 4.52. The van der Waals surface area contributed by atoms with E-state index < -0.39 is 7.38 Å². The summed E-state index contributed by atoms with van der Waals surface area (Å²) >= 11 is 6.33. The zero-order valence-electron chi connectivity index (χ0n) is 8.59. The molecule has 0 spiro atoms. The minimum Gasteiger partial charge on any atom is -0.168 e. The van der Waals surface area contributed by atoms with Crippen molar-refractivity contribution in [3.63, 3.8) is 0 Å². The molecule has 1 saturated carbocycles. The van der Waals surface area contributed by atoms with Gasteiger partial charge in [0.1, 0.15) is 0 Å². The molecular weight excluding hydrogens is 196 g/mol. The fraction of sp³-hybridized carbons (Fsp3) is 0.818. The molecule has 74 valence electrons. The highest BCUT2D eigenvalue weighted by Crippen LogP contribution is 2.46. The van der Waals surface area contributed by atoms with Gasteiger partial charge >= 0.3 is 0 Å². The van der Waals surface area contributed by atoms with Crippen molar-refractivity contribution in [1.82, 2.24) is 0 Å². The van der Waals surface area contributed by atoms with Gasteiger partial charge in [-0.1, -0.05) is 31.7 Å². The van der Waals surface area contributed by atoms with Crippen LogP contribution in [0.3, 0.4) is 0 Å². The molecule has 2 heteroatoms. The van der Waals surface area contributed by atoms with Gasteiger partial charge in [-0.2, -0.15) is 11.1 Å². The molecule has 0 aromatic carbocycles. The highest BCUT2D eigenvalue weighted by molar-refractivity contribution is 7.19. The van der Waals surface area contributed by atoms with Crippen molar-refractivity contribution in [2.75, 3.05) is 0 Å². The Kier molecular flexibility index (Phi) is 2.58. The van der Waals surface area contributed by atoms with Gasteiger partial charge in [-0.3, -0.25) is 0 Å². The van der Waals surface area contributed by atoms with E-state index in [0.29, 0.717) is 0 Å². The highest BCUT2D eigenvalue weighted by atomic mass is 35.6. The van der Waals surface area contributed by atoms with Crippen LogP contribution in [-0.4, -0.2) is 7.38 Å². The first-order chi connectivity index (χ1) is 6.04. The average molecular weight is 215 g/mol. The third-order valence-electron chi connectivity index (χ3n) is 3.53. The van der Waals surface area contributed by atoms with Crippen molar-refractivity contribution in [3.8, 4) is 0 Å². The van der Waals surface area contributed by atoms with Crippen LogP contribution in [0, 0.1) is 17.8 Å². The van der Waals surface area contributed by atoms with Crippen molar-refractivity contribution in [1.29, 1.82) is 0 Å². The van der Waals surface area contributed by atoms with E-state index in [4.69, 9.17) is 11.1 Å². The van der Waals surface area contributed by atoms with Crippen LogP contribution in [0.25, 0.3) is 0 Å². The largest absolute Gasteiger partial charge is 0.168 e. The topological polar surface area (TPSA) is 0 Å². The van der Waals surface area contributed by atoms with Crippen LogP contribution in [0.1, 0.15) is 19.3 Å². The zero-order chi connectivity index (χ0) is 9.47. The molecule has 1 fully saturated rings. The van der Waals surface area contributed by atoms with E-state index >= 15 is 0 Å². The summed E-state index contributed by atoms with van der Waals surface area (Å²) in [5.41, 5.74) is 0. The Balaban J connectivity index is 1.81. The third kappa shape index (κ3) is 2.38. The second-order valence-corrected chi connectivity index (χ2v) is 12.3. The number of allylic oxidation sites excluding steroid dienone is 2. The van der Waals surface area contributed by atoms with Gasteiger partial charge in [0.25, 0.3) is 0 Å². The Labute approximate surface area is 87.1 Å². The molecule has 0 unspecified atom stereocenters. The van der Waals surface area contributed by atoms with E-state index in [2.05, 4.69) is 25.2 Å². The van der Waals surface area contributed by atoms with Gasteiger partial charge in [0, 0.05) is 0 Å². The van der Waals surface area contributed by atoms with E-state index in [0.717, 1.165) is 17.8 Å². The van der Waals surface area contributed by atoms with Crippen LogP contribution in [-0.2, 0) is 0 Å². The van der Waals surface area contributed by atoms with E-state index in [-0.39, 0.29) is 0 Å². The molecule has 0 aromatic heterocycles. The van der Waals surface area contributed by atoms with Crippen LogP contribution in [0.5, 0.6) is 0 Å². The molecule has 0 heterocycles. The number of hydrogen-bond acceptors (Lipinski definition) is 0. The second-order valence-electron chi connectivity index (χ2n) is 5.30. The average Bonchev–Trinajstić information content (AvgIpc) is 2.58. The summed E-state index contributed by atoms with van der Waals surface area (Å²) in [7, 11) is -1.30. The highest BCUT2D eigenvalue weighted by Gasteiger charge is 2.36. The van der Waals surface area contributed by atoms with Gasteiger partial charge in [-0.15, -0.1) is 0 Å². The van der Waals surface area contributed by atoms with Crippen molar-refractivity contribution < 1.29 is 0 Å². The van der Waals surface area contributed by atoms with E-state index in [9.17, 15) is 0 Å². The first-order valence-electron chi connectivity index (χ1n) is 5.42. The van der Waals surface area contributed by atoms with Crippen molar-refractivity contribution in [2.45, 2.75) is 38.4 Å². The summed E-state index contributed by atoms with van der Waals surface area (Å²) in [4.78, 5) is 0. The van der Waals surface area contributed by atoms with E-state index in [1.54, 1.807) is 0 Å². The molecule has 2 rings (SSSR count). The normalized spacial score (nSPS) is 37.3.